The first-order valence-electron chi connectivity index (χ1n) is 9.01. The lowest BCUT2D eigenvalue weighted by Gasteiger charge is -2.25. The molecule has 2 heterocycles. The van der Waals surface area contributed by atoms with Gasteiger partial charge in [-0.25, -0.2) is 12.8 Å². The Labute approximate surface area is 173 Å². The lowest BCUT2D eigenvalue weighted by molar-refractivity contribution is -0.111. The zero-order valence-corrected chi connectivity index (χ0v) is 17.0. The number of hydrogen-bond donors (Lipinski definition) is 2. The quantitative estimate of drug-likeness (QED) is 0.668. The number of hydrogen-bond acceptors (Lipinski definition) is 5. The van der Waals surface area contributed by atoms with Crippen LogP contribution in [0.1, 0.15) is 10.5 Å². The molecule has 1 aromatic heterocycles. The Hall–Kier alpha value is -3.02. The predicted molar refractivity (Wildman–Crippen MR) is 108 cm³/mol. The molecule has 2 N–H and O–H groups in total. The number of rotatable bonds is 6. The summed E-state index contributed by atoms with van der Waals surface area (Å²) in [6.45, 7) is 4.41. The predicted octanol–water partition coefficient (Wildman–Crippen LogP) is 1.56. The number of carbonyl (C=O) groups is 2. The van der Waals surface area contributed by atoms with E-state index < -0.39 is 27.7 Å². The number of halogens is 1. The van der Waals surface area contributed by atoms with Crippen molar-refractivity contribution < 1.29 is 27.1 Å². The van der Waals surface area contributed by atoms with Crippen molar-refractivity contribution in [3.8, 4) is 0 Å². The maximum absolute atomic E-state index is 13.9. The van der Waals surface area contributed by atoms with E-state index in [0.29, 0.717) is 13.2 Å². The van der Waals surface area contributed by atoms with Gasteiger partial charge in [0.2, 0.25) is 15.9 Å². The summed E-state index contributed by atoms with van der Waals surface area (Å²) in [6.07, 6.45) is 2.35. The Morgan fingerprint density at radius 3 is 2.57 bits per heavy atom. The SMILES string of the molecule is C=CC(=O)Nc1cc(NC(=O)c2cc(S(=O)(=O)N3CCOCC3)cn2C)ccc1F. The van der Waals surface area contributed by atoms with Crippen LogP contribution in [0.4, 0.5) is 15.8 Å². The smallest absolute Gasteiger partial charge is 0.272 e. The zero-order valence-electron chi connectivity index (χ0n) is 16.2. The lowest BCUT2D eigenvalue weighted by atomic mass is 10.2. The van der Waals surface area contributed by atoms with Gasteiger partial charge >= 0.3 is 0 Å². The van der Waals surface area contributed by atoms with Gasteiger partial charge in [-0.1, -0.05) is 6.58 Å². The Kier molecular flexibility index (Phi) is 6.34. The van der Waals surface area contributed by atoms with Gasteiger partial charge in [0, 0.05) is 32.0 Å². The third-order valence-corrected chi connectivity index (χ3v) is 6.35. The van der Waals surface area contributed by atoms with E-state index >= 15 is 0 Å². The number of amides is 2. The van der Waals surface area contributed by atoms with Gasteiger partial charge < -0.3 is 19.9 Å². The molecule has 0 radical (unpaired) electrons. The van der Waals surface area contributed by atoms with Crippen LogP contribution in [0.25, 0.3) is 0 Å². The standard InChI is InChI=1S/C19H21FN4O5S/c1-3-18(25)22-16-10-13(4-5-15(16)20)21-19(26)17-11-14(12-23(17)2)30(27,28)24-6-8-29-9-7-24/h3-5,10-12H,1,6-9H2,2H3,(H,21,26)(H,22,25). The highest BCUT2D eigenvalue weighted by atomic mass is 32.2. The number of morpholine rings is 1. The van der Waals surface area contributed by atoms with Crippen LogP contribution in [-0.2, 0) is 26.6 Å². The molecule has 2 amide bonds. The van der Waals surface area contributed by atoms with Crippen LogP contribution >= 0.6 is 0 Å². The minimum absolute atomic E-state index is 0.00454. The van der Waals surface area contributed by atoms with Gasteiger partial charge in [-0.05, 0) is 30.3 Å². The van der Waals surface area contributed by atoms with Crippen molar-refractivity contribution in [2.45, 2.75) is 4.90 Å². The first-order chi connectivity index (χ1) is 14.2. The molecular formula is C19H21FN4O5S. The minimum atomic E-state index is -3.75. The number of nitrogens with one attached hydrogen (secondary N) is 2. The number of nitrogens with zero attached hydrogens (tertiary/aromatic N) is 2. The summed E-state index contributed by atoms with van der Waals surface area (Å²) < 4.78 is 47.3. The number of carbonyl (C=O) groups excluding carboxylic acids is 2. The molecule has 1 aliphatic rings. The van der Waals surface area contributed by atoms with Crippen LogP contribution in [0.15, 0.2) is 48.0 Å². The molecule has 2 aromatic rings. The molecule has 9 nitrogen and oxygen atoms in total. The highest BCUT2D eigenvalue weighted by Gasteiger charge is 2.28. The normalized spacial score (nSPS) is 14.9. The van der Waals surface area contributed by atoms with Crippen molar-refractivity contribution in [1.82, 2.24) is 8.87 Å². The van der Waals surface area contributed by atoms with Gasteiger partial charge in [0.25, 0.3) is 5.91 Å². The molecule has 11 heteroatoms. The van der Waals surface area contributed by atoms with E-state index in [0.717, 1.165) is 12.1 Å². The number of benzene rings is 1. The molecular weight excluding hydrogens is 415 g/mol. The summed E-state index contributed by atoms with van der Waals surface area (Å²) >= 11 is 0. The summed E-state index contributed by atoms with van der Waals surface area (Å²) in [4.78, 5) is 24.1. The highest BCUT2D eigenvalue weighted by molar-refractivity contribution is 7.89. The minimum Gasteiger partial charge on any atom is -0.379 e. The Bertz CT molecular complexity index is 1090. The summed E-state index contributed by atoms with van der Waals surface area (Å²) in [5, 5.41) is 4.87. The van der Waals surface area contributed by atoms with Gasteiger partial charge in [-0.2, -0.15) is 4.31 Å². The molecule has 0 aliphatic carbocycles. The summed E-state index contributed by atoms with van der Waals surface area (Å²) in [5.74, 6) is -1.87. The molecule has 1 fully saturated rings. The van der Waals surface area contributed by atoms with E-state index in [4.69, 9.17) is 4.74 Å². The number of aryl methyl sites for hydroxylation is 1. The van der Waals surface area contributed by atoms with Gasteiger partial charge in [0.15, 0.2) is 0 Å². The highest BCUT2D eigenvalue weighted by Crippen LogP contribution is 2.23. The summed E-state index contributed by atoms with van der Waals surface area (Å²) in [6, 6.07) is 4.95. The molecule has 160 valence electrons. The number of sulfonamides is 1. The van der Waals surface area contributed by atoms with E-state index in [1.165, 1.54) is 33.3 Å². The van der Waals surface area contributed by atoms with Crippen LogP contribution < -0.4 is 10.6 Å². The molecule has 30 heavy (non-hydrogen) atoms. The first kappa shape index (κ1) is 21.7. The molecule has 0 atom stereocenters. The van der Waals surface area contributed by atoms with E-state index in [9.17, 15) is 22.4 Å². The Morgan fingerprint density at radius 1 is 1.20 bits per heavy atom. The zero-order chi connectivity index (χ0) is 21.9. The molecule has 0 spiro atoms. The van der Waals surface area contributed by atoms with Gasteiger partial charge in [0.1, 0.15) is 16.4 Å². The number of aromatic nitrogens is 1. The maximum atomic E-state index is 13.9. The van der Waals surface area contributed by atoms with Crippen molar-refractivity contribution >= 4 is 33.2 Å². The Balaban J connectivity index is 1.80. The fraction of sp³-hybridized carbons (Fsp3) is 0.263. The van der Waals surface area contributed by atoms with Crippen molar-refractivity contribution in [1.29, 1.82) is 0 Å². The average molecular weight is 436 g/mol. The van der Waals surface area contributed by atoms with Gasteiger partial charge in [-0.3, -0.25) is 9.59 Å². The molecule has 0 saturated carbocycles. The second-order valence-electron chi connectivity index (χ2n) is 6.53. The second kappa shape index (κ2) is 8.78. The fourth-order valence-electron chi connectivity index (χ4n) is 2.91. The van der Waals surface area contributed by atoms with Crippen LogP contribution in [-0.4, -0.2) is 55.4 Å². The van der Waals surface area contributed by atoms with Gasteiger partial charge in [-0.15, -0.1) is 0 Å². The number of anilines is 2. The van der Waals surface area contributed by atoms with Crippen molar-refractivity contribution in [2.75, 3.05) is 36.9 Å². The van der Waals surface area contributed by atoms with Crippen LogP contribution in [0.2, 0.25) is 0 Å². The fourth-order valence-corrected chi connectivity index (χ4v) is 4.39. The van der Waals surface area contributed by atoms with Crippen molar-refractivity contribution in [2.24, 2.45) is 7.05 Å². The van der Waals surface area contributed by atoms with E-state index in [2.05, 4.69) is 17.2 Å². The van der Waals surface area contributed by atoms with Crippen LogP contribution in [0.5, 0.6) is 0 Å². The largest absolute Gasteiger partial charge is 0.379 e. The molecule has 0 unspecified atom stereocenters. The topological polar surface area (TPSA) is 110 Å². The first-order valence-corrected chi connectivity index (χ1v) is 10.4. The molecule has 3 rings (SSSR count). The lowest BCUT2D eigenvalue weighted by Crippen LogP contribution is -2.40. The summed E-state index contributed by atoms with van der Waals surface area (Å²) in [7, 11) is -2.20. The molecule has 1 saturated heterocycles. The van der Waals surface area contributed by atoms with E-state index in [1.54, 1.807) is 7.05 Å². The third-order valence-electron chi connectivity index (χ3n) is 4.49. The molecule has 0 bridgehead atoms. The molecule has 1 aliphatic heterocycles. The summed E-state index contributed by atoms with van der Waals surface area (Å²) in [5.41, 5.74) is 0.197. The van der Waals surface area contributed by atoms with Gasteiger partial charge in [0.05, 0.1) is 18.9 Å². The van der Waals surface area contributed by atoms with Crippen LogP contribution in [0, 0.1) is 5.82 Å². The Morgan fingerprint density at radius 2 is 1.90 bits per heavy atom. The number of ether oxygens (including phenoxy) is 1. The second-order valence-corrected chi connectivity index (χ2v) is 8.47. The van der Waals surface area contributed by atoms with Crippen molar-refractivity contribution in [3.63, 3.8) is 0 Å². The monoisotopic (exact) mass is 436 g/mol. The average Bonchev–Trinajstić information content (AvgIpc) is 3.13. The maximum Gasteiger partial charge on any atom is 0.272 e. The van der Waals surface area contributed by atoms with Crippen molar-refractivity contribution in [3.05, 3.63) is 54.6 Å². The molecule has 1 aromatic carbocycles. The van der Waals surface area contributed by atoms with E-state index in [-0.39, 0.29) is 35.1 Å². The van der Waals surface area contributed by atoms with E-state index in [1.807, 2.05) is 0 Å². The third kappa shape index (κ3) is 4.58. The van der Waals surface area contributed by atoms with Crippen LogP contribution in [0.3, 0.4) is 0 Å².